The van der Waals surface area contributed by atoms with Gasteiger partial charge in [0.15, 0.2) is 0 Å². The van der Waals surface area contributed by atoms with E-state index in [-0.39, 0.29) is 5.91 Å². The molecule has 2 heterocycles. The maximum Gasteiger partial charge on any atom is 0.260 e. The van der Waals surface area contributed by atoms with Crippen LogP contribution in [-0.2, 0) is 6.54 Å². The van der Waals surface area contributed by atoms with Crippen LogP contribution in [0.2, 0.25) is 0 Å². The van der Waals surface area contributed by atoms with Gasteiger partial charge in [-0.3, -0.25) is 9.78 Å². The van der Waals surface area contributed by atoms with Crippen molar-refractivity contribution in [3.05, 3.63) is 82.5 Å². The Balaban J connectivity index is 1.97. The molecule has 5 heteroatoms. The minimum absolute atomic E-state index is 0.126. The lowest BCUT2D eigenvalue weighted by atomic mass is 10.2. The van der Waals surface area contributed by atoms with Crippen molar-refractivity contribution in [2.45, 2.75) is 13.5 Å². The summed E-state index contributed by atoms with van der Waals surface area (Å²) in [6.45, 7) is 2.38. The zero-order valence-electron chi connectivity index (χ0n) is 12.6. The lowest BCUT2D eigenvalue weighted by Crippen LogP contribution is -2.30. The first-order valence-corrected chi connectivity index (χ1v) is 7.94. The molecule has 116 valence electrons. The van der Waals surface area contributed by atoms with Gasteiger partial charge in [0.25, 0.3) is 5.91 Å². The average Bonchev–Trinajstić information content (AvgIpc) is 3.06. The van der Waals surface area contributed by atoms with Gasteiger partial charge in [0.05, 0.1) is 18.4 Å². The summed E-state index contributed by atoms with van der Waals surface area (Å²) in [6, 6.07) is 13.3. The summed E-state index contributed by atoms with van der Waals surface area (Å²) in [4.78, 5) is 18.7. The molecule has 23 heavy (non-hydrogen) atoms. The van der Waals surface area contributed by atoms with Crippen LogP contribution in [0.15, 0.2) is 70.0 Å². The van der Waals surface area contributed by atoms with Gasteiger partial charge in [0.1, 0.15) is 5.76 Å². The first-order chi connectivity index (χ1) is 11.1. The molecule has 3 rings (SSSR count). The molecule has 0 aliphatic carbocycles. The molecule has 0 spiro atoms. The molecule has 4 nitrogen and oxygen atoms in total. The number of hydrogen-bond acceptors (Lipinski definition) is 3. The monoisotopic (exact) mass is 370 g/mol. The molecular formula is C18H15BrN2O2. The second kappa shape index (κ2) is 6.79. The number of hydrogen-bond donors (Lipinski definition) is 0. The van der Waals surface area contributed by atoms with E-state index in [0.717, 1.165) is 21.5 Å². The van der Waals surface area contributed by atoms with Gasteiger partial charge in [-0.15, -0.1) is 0 Å². The number of amides is 1. The SMILES string of the molecule is Cc1ccc(N(Cc2ccco2)C(=O)c2cncc(Br)c2)cc1. The molecule has 0 unspecified atom stereocenters. The lowest BCUT2D eigenvalue weighted by molar-refractivity contribution is 0.0983. The molecular weight excluding hydrogens is 356 g/mol. The van der Waals surface area contributed by atoms with Crippen molar-refractivity contribution in [2.24, 2.45) is 0 Å². The van der Waals surface area contributed by atoms with Crippen LogP contribution in [0, 0.1) is 6.92 Å². The number of pyridine rings is 1. The number of halogens is 1. The number of rotatable bonds is 4. The zero-order chi connectivity index (χ0) is 16.2. The van der Waals surface area contributed by atoms with E-state index in [0.29, 0.717) is 12.1 Å². The van der Waals surface area contributed by atoms with E-state index < -0.39 is 0 Å². The van der Waals surface area contributed by atoms with E-state index >= 15 is 0 Å². The highest BCUT2D eigenvalue weighted by Gasteiger charge is 2.19. The molecule has 0 radical (unpaired) electrons. The van der Waals surface area contributed by atoms with Crippen LogP contribution in [0.4, 0.5) is 5.69 Å². The van der Waals surface area contributed by atoms with Crippen molar-refractivity contribution in [2.75, 3.05) is 4.90 Å². The average molecular weight is 371 g/mol. The van der Waals surface area contributed by atoms with E-state index in [1.807, 2.05) is 43.3 Å². The number of aromatic nitrogens is 1. The van der Waals surface area contributed by atoms with Gasteiger partial charge in [0.2, 0.25) is 0 Å². The smallest absolute Gasteiger partial charge is 0.260 e. The number of carbonyl (C=O) groups is 1. The number of aryl methyl sites for hydroxylation is 1. The second-order valence-electron chi connectivity index (χ2n) is 5.20. The van der Waals surface area contributed by atoms with Crippen LogP contribution >= 0.6 is 15.9 Å². The molecule has 0 atom stereocenters. The number of nitrogens with zero attached hydrogens (tertiary/aromatic N) is 2. The molecule has 2 aromatic heterocycles. The van der Waals surface area contributed by atoms with Crippen LogP contribution in [-0.4, -0.2) is 10.9 Å². The van der Waals surface area contributed by atoms with Crippen molar-refractivity contribution in [3.63, 3.8) is 0 Å². The maximum absolute atomic E-state index is 12.9. The summed E-state index contributed by atoms with van der Waals surface area (Å²) in [5.41, 5.74) is 2.48. The van der Waals surface area contributed by atoms with Gasteiger partial charge in [-0.05, 0) is 53.2 Å². The third-order valence-corrected chi connectivity index (χ3v) is 3.87. The van der Waals surface area contributed by atoms with Crippen LogP contribution in [0.1, 0.15) is 21.7 Å². The Morgan fingerprint density at radius 2 is 2.00 bits per heavy atom. The van der Waals surface area contributed by atoms with Crippen molar-refractivity contribution >= 4 is 27.5 Å². The highest BCUT2D eigenvalue weighted by Crippen LogP contribution is 2.22. The third-order valence-electron chi connectivity index (χ3n) is 3.44. The van der Waals surface area contributed by atoms with Crippen molar-refractivity contribution in [1.82, 2.24) is 4.98 Å². The van der Waals surface area contributed by atoms with Crippen LogP contribution in [0.25, 0.3) is 0 Å². The van der Waals surface area contributed by atoms with Crippen molar-refractivity contribution in [3.8, 4) is 0 Å². The Hall–Kier alpha value is -2.40. The fourth-order valence-electron chi connectivity index (χ4n) is 2.25. The predicted octanol–water partition coefficient (Wildman–Crippen LogP) is 4.59. The van der Waals surface area contributed by atoms with E-state index in [1.54, 1.807) is 29.6 Å². The van der Waals surface area contributed by atoms with Gasteiger partial charge in [-0.1, -0.05) is 17.7 Å². The highest BCUT2D eigenvalue weighted by atomic mass is 79.9. The fraction of sp³-hybridized carbons (Fsp3) is 0.111. The first kappa shape index (κ1) is 15.5. The molecule has 0 saturated heterocycles. The van der Waals surface area contributed by atoms with Crippen molar-refractivity contribution < 1.29 is 9.21 Å². The summed E-state index contributed by atoms with van der Waals surface area (Å²) >= 11 is 3.35. The minimum atomic E-state index is -0.126. The quantitative estimate of drug-likeness (QED) is 0.674. The molecule has 0 saturated carbocycles. The van der Waals surface area contributed by atoms with Gasteiger partial charge < -0.3 is 9.32 Å². The minimum Gasteiger partial charge on any atom is -0.467 e. The standard InChI is InChI=1S/C18H15BrN2O2/c1-13-4-6-16(7-5-13)21(12-17-3-2-8-23-17)18(22)14-9-15(19)11-20-10-14/h2-11H,12H2,1H3. The molecule has 0 fully saturated rings. The Labute approximate surface area is 142 Å². The Morgan fingerprint density at radius 1 is 1.22 bits per heavy atom. The van der Waals surface area contributed by atoms with E-state index in [1.165, 1.54) is 0 Å². The third kappa shape index (κ3) is 3.68. The summed E-state index contributed by atoms with van der Waals surface area (Å²) in [5.74, 6) is 0.598. The largest absolute Gasteiger partial charge is 0.467 e. The topological polar surface area (TPSA) is 46.3 Å². The molecule has 1 aromatic carbocycles. The van der Waals surface area contributed by atoms with Crippen LogP contribution in [0.5, 0.6) is 0 Å². The Morgan fingerprint density at radius 3 is 2.65 bits per heavy atom. The maximum atomic E-state index is 12.9. The second-order valence-corrected chi connectivity index (χ2v) is 6.11. The summed E-state index contributed by atoms with van der Waals surface area (Å²) in [6.07, 6.45) is 4.82. The zero-order valence-corrected chi connectivity index (χ0v) is 14.2. The van der Waals surface area contributed by atoms with E-state index in [4.69, 9.17) is 4.42 Å². The molecule has 0 N–H and O–H groups in total. The summed E-state index contributed by atoms with van der Waals surface area (Å²) in [7, 11) is 0. The molecule has 3 aromatic rings. The Kier molecular flexibility index (Phi) is 4.57. The van der Waals surface area contributed by atoms with E-state index in [9.17, 15) is 4.79 Å². The molecule has 1 amide bonds. The fourth-order valence-corrected chi connectivity index (χ4v) is 2.61. The van der Waals surface area contributed by atoms with Gasteiger partial charge in [-0.25, -0.2) is 0 Å². The van der Waals surface area contributed by atoms with Gasteiger partial charge >= 0.3 is 0 Å². The molecule has 0 aliphatic rings. The summed E-state index contributed by atoms with van der Waals surface area (Å²) < 4.78 is 6.17. The van der Waals surface area contributed by atoms with E-state index in [2.05, 4.69) is 20.9 Å². The highest BCUT2D eigenvalue weighted by molar-refractivity contribution is 9.10. The number of furan rings is 1. The molecule has 0 bridgehead atoms. The molecule has 0 aliphatic heterocycles. The number of anilines is 1. The normalized spacial score (nSPS) is 10.5. The first-order valence-electron chi connectivity index (χ1n) is 7.15. The van der Waals surface area contributed by atoms with Crippen LogP contribution < -0.4 is 4.90 Å². The predicted molar refractivity (Wildman–Crippen MR) is 92.3 cm³/mol. The number of benzene rings is 1. The van der Waals surface area contributed by atoms with Crippen LogP contribution in [0.3, 0.4) is 0 Å². The lowest BCUT2D eigenvalue weighted by Gasteiger charge is -2.22. The summed E-state index contributed by atoms with van der Waals surface area (Å²) in [5, 5.41) is 0. The number of carbonyl (C=O) groups excluding carboxylic acids is 1. The Bertz CT molecular complexity index is 798. The van der Waals surface area contributed by atoms with Gasteiger partial charge in [-0.2, -0.15) is 0 Å². The van der Waals surface area contributed by atoms with Gasteiger partial charge in [0, 0.05) is 22.6 Å². The van der Waals surface area contributed by atoms with Crippen molar-refractivity contribution in [1.29, 1.82) is 0 Å².